The summed E-state index contributed by atoms with van der Waals surface area (Å²) < 4.78 is 28.6. The van der Waals surface area contributed by atoms with E-state index in [0.717, 1.165) is 10.0 Å². The van der Waals surface area contributed by atoms with Crippen LogP contribution in [0.5, 0.6) is 0 Å². The van der Waals surface area contributed by atoms with Crippen molar-refractivity contribution in [2.24, 2.45) is 0 Å². The van der Waals surface area contributed by atoms with Crippen molar-refractivity contribution in [1.29, 1.82) is 0 Å². The van der Waals surface area contributed by atoms with Crippen molar-refractivity contribution >= 4 is 53.5 Å². The van der Waals surface area contributed by atoms with E-state index >= 15 is 0 Å². The number of benzene rings is 2. The second kappa shape index (κ2) is 7.57. The molecule has 1 amide bonds. The van der Waals surface area contributed by atoms with Crippen LogP contribution in [-0.2, 0) is 21.4 Å². The van der Waals surface area contributed by atoms with E-state index in [0.29, 0.717) is 10.2 Å². The van der Waals surface area contributed by atoms with Gasteiger partial charge in [0.25, 0.3) is 0 Å². The predicted molar refractivity (Wildman–Crippen MR) is 96.6 cm³/mol. The second-order valence-electron chi connectivity index (χ2n) is 4.78. The molecule has 2 rings (SSSR count). The Morgan fingerprint density at radius 1 is 1.13 bits per heavy atom. The van der Waals surface area contributed by atoms with Gasteiger partial charge in [0.05, 0.1) is 4.90 Å². The average Bonchev–Trinajstić information content (AvgIpc) is 2.44. The summed E-state index contributed by atoms with van der Waals surface area (Å²) in [5.41, 5.74) is 1.37. The van der Waals surface area contributed by atoms with Gasteiger partial charge in [-0.3, -0.25) is 4.79 Å². The summed E-state index contributed by atoms with van der Waals surface area (Å²) in [4.78, 5) is 11.2. The van der Waals surface area contributed by atoms with Gasteiger partial charge in [-0.25, -0.2) is 13.1 Å². The Morgan fingerprint density at radius 2 is 1.87 bits per heavy atom. The number of anilines is 1. The minimum Gasteiger partial charge on any atom is -0.326 e. The van der Waals surface area contributed by atoms with E-state index in [2.05, 4.69) is 41.9 Å². The smallest absolute Gasteiger partial charge is 0.241 e. The lowest BCUT2D eigenvalue weighted by Crippen LogP contribution is -2.23. The van der Waals surface area contributed by atoms with E-state index in [1.807, 2.05) is 0 Å². The molecule has 2 N–H and O–H groups in total. The highest BCUT2D eigenvalue weighted by Crippen LogP contribution is 2.25. The van der Waals surface area contributed by atoms with Gasteiger partial charge in [-0.05, 0) is 51.8 Å². The van der Waals surface area contributed by atoms with Crippen LogP contribution in [-0.4, -0.2) is 14.3 Å². The van der Waals surface area contributed by atoms with E-state index in [9.17, 15) is 13.2 Å². The van der Waals surface area contributed by atoms with E-state index in [1.54, 1.807) is 36.4 Å². The molecule has 0 atom stereocenters. The number of nitrogens with one attached hydrogen (secondary N) is 2. The van der Waals surface area contributed by atoms with Crippen LogP contribution in [0, 0.1) is 0 Å². The van der Waals surface area contributed by atoms with Gasteiger partial charge in [0.1, 0.15) is 0 Å². The molecule has 0 radical (unpaired) electrons. The van der Waals surface area contributed by atoms with Crippen molar-refractivity contribution in [3.05, 3.63) is 57.0 Å². The van der Waals surface area contributed by atoms with Crippen LogP contribution < -0.4 is 10.0 Å². The van der Waals surface area contributed by atoms with Crippen LogP contribution >= 0.6 is 31.9 Å². The van der Waals surface area contributed by atoms with Gasteiger partial charge in [-0.15, -0.1) is 0 Å². The van der Waals surface area contributed by atoms with Crippen LogP contribution in [0.15, 0.2) is 56.3 Å². The number of rotatable bonds is 5. The van der Waals surface area contributed by atoms with Gasteiger partial charge in [-0.1, -0.05) is 28.1 Å². The van der Waals surface area contributed by atoms with Crippen LogP contribution in [0.3, 0.4) is 0 Å². The molecule has 0 aliphatic carbocycles. The first-order chi connectivity index (χ1) is 10.8. The van der Waals surface area contributed by atoms with E-state index in [4.69, 9.17) is 0 Å². The third-order valence-corrected chi connectivity index (χ3v) is 5.77. The van der Waals surface area contributed by atoms with Gasteiger partial charge < -0.3 is 5.32 Å². The minimum absolute atomic E-state index is 0.123. The number of hydrogen-bond acceptors (Lipinski definition) is 3. The molecule has 0 aliphatic rings. The molecule has 0 saturated heterocycles. The molecule has 0 unspecified atom stereocenters. The first-order valence-electron chi connectivity index (χ1n) is 6.59. The molecule has 0 heterocycles. The highest BCUT2D eigenvalue weighted by atomic mass is 79.9. The van der Waals surface area contributed by atoms with Crippen molar-refractivity contribution < 1.29 is 13.2 Å². The molecule has 5 nitrogen and oxygen atoms in total. The average molecular weight is 462 g/mol. The zero-order valence-corrected chi connectivity index (χ0v) is 16.1. The monoisotopic (exact) mass is 460 g/mol. The standard InChI is InChI=1S/C15H14Br2N2O3S/c1-10(20)19-13-4-2-3-11(7-13)9-18-23(21,22)15-6-5-12(16)8-14(15)17/h2-8,18H,9H2,1H3,(H,19,20). The molecule has 2 aromatic rings. The largest absolute Gasteiger partial charge is 0.326 e. The molecule has 0 aliphatic heterocycles. The van der Waals surface area contributed by atoms with Gasteiger partial charge in [0.2, 0.25) is 15.9 Å². The fourth-order valence-electron chi connectivity index (χ4n) is 1.91. The van der Waals surface area contributed by atoms with Crippen LogP contribution in [0.2, 0.25) is 0 Å². The number of hydrogen-bond donors (Lipinski definition) is 2. The number of sulfonamides is 1. The molecule has 0 bridgehead atoms. The molecule has 0 saturated carbocycles. The van der Waals surface area contributed by atoms with E-state index in [1.165, 1.54) is 13.0 Å². The lowest BCUT2D eigenvalue weighted by atomic mass is 10.2. The lowest BCUT2D eigenvalue weighted by molar-refractivity contribution is -0.114. The van der Waals surface area contributed by atoms with Crippen LogP contribution in [0.4, 0.5) is 5.69 Å². The highest BCUT2D eigenvalue weighted by molar-refractivity contribution is 9.11. The maximum absolute atomic E-state index is 12.4. The molecule has 8 heteroatoms. The third-order valence-electron chi connectivity index (χ3n) is 2.90. The Morgan fingerprint density at radius 3 is 2.52 bits per heavy atom. The first kappa shape index (κ1) is 18.1. The zero-order chi connectivity index (χ0) is 17.0. The highest BCUT2D eigenvalue weighted by Gasteiger charge is 2.17. The lowest BCUT2D eigenvalue weighted by Gasteiger charge is -2.10. The van der Waals surface area contributed by atoms with Crippen molar-refractivity contribution in [2.45, 2.75) is 18.4 Å². The summed E-state index contributed by atoms with van der Waals surface area (Å²) in [7, 11) is -3.65. The molecule has 0 fully saturated rings. The quantitative estimate of drug-likeness (QED) is 0.713. The molecule has 2 aromatic carbocycles. The van der Waals surface area contributed by atoms with Gasteiger partial charge in [-0.2, -0.15) is 0 Å². The topological polar surface area (TPSA) is 75.3 Å². The minimum atomic E-state index is -3.65. The molecular formula is C15H14Br2N2O3S. The van der Waals surface area contributed by atoms with E-state index < -0.39 is 10.0 Å². The van der Waals surface area contributed by atoms with Crippen molar-refractivity contribution in [3.8, 4) is 0 Å². The van der Waals surface area contributed by atoms with Crippen molar-refractivity contribution in [1.82, 2.24) is 4.72 Å². The molecule has 0 spiro atoms. The summed E-state index contributed by atoms with van der Waals surface area (Å²) in [6, 6.07) is 11.9. The zero-order valence-electron chi connectivity index (χ0n) is 12.1. The maximum atomic E-state index is 12.4. The second-order valence-corrected chi connectivity index (χ2v) is 8.29. The van der Waals surface area contributed by atoms with Crippen LogP contribution in [0.1, 0.15) is 12.5 Å². The Balaban J connectivity index is 2.14. The SMILES string of the molecule is CC(=O)Nc1cccc(CNS(=O)(=O)c2ccc(Br)cc2Br)c1. The third kappa shape index (κ3) is 5.13. The summed E-state index contributed by atoms with van der Waals surface area (Å²) >= 11 is 6.54. The Labute approximate surface area is 151 Å². The van der Waals surface area contributed by atoms with Gasteiger partial charge in [0, 0.05) is 28.1 Å². The van der Waals surface area contributed by atoms with Gasteiger partial charge >= 0.3 is 0 Å². The van der Waals surface area contributed by atoms with Crippen molar-refractivity contribution in [2.75, 3.05) is 5.32 Å². The van der Waals surface area contributed by atoms with Crippen molar-refractivity contribution in [3.63, 3.8) is 0 Å². The fraction of sp³-hybridized carbons (Fsp3) is 0.133. The Kier molecular flexibility index (Phi) is 5.96. The predicted octanol–water partition coefficient (Wildman–Crippen LogP) is 3.65. The summed E-state index contributed by atoms with van der Waals surface area (Å²) in [5, 5.41) is 2.66. The Hall–Kier alpha value is -1.22. The molecule has 23 heavy (non-hydrogen) atoms. The molecular weight excluding hydrogens is 448 g/mol. The first-order valence-corrected chi connectivity index (χ1v) is 9.66. The maximum Gasteiger partial charge on any atom is 0.241 e. The number of halogens is 2. The van der Waals surface area contributed by atoms with Gasteiger partial charge in [0.15, 0.2) is 0 Å². The van der Waals surface area contributed by atoms with E-state index in [-0.39, 0.29) is 17.3 Å². The molecule has 0 aromatic heterocycles. The summed E-state index contributed by atoms with van der Waals surface area (Å²) in [6.07, 6.45) is 0. The van der Waals surface area contributed by atoms with Crippen LogP contribution in [0.25, 0.3) is 0 Å². The summed E-state index contributed by atoms with van der Waals surface area (Å²) in [6.45, 7) is 1.54. The number of carbonyl (C=O) groups is 1. The fourth-order valence-corrected chi connectivity index (χ4v) is 4.67. The number of amides is 1. The Bertz CT molecular complexity index is 838. The normalized spacial score (nSPS) is 11.3. The summed E-state index contributed by atoms with van der Waals surface area (Å²) in [5.74, 6) is -0.179. The molecule has 122 valence electrons. The number of carbonyl (C=O) groups excluding carboxylic acids is 1.